The van der Waals surface area contributed by atoms with Crippen LogP contribution in [-0.4, -0.2) is 69.7 Å². The zero-order chi connectivity index (χ0) is 13.7. The summed E-state index contributed by atoms with van der Waals surface area (Å²) in [7, 11) is 0. The number of nitrogens with zero attached hydrogens (tertiary/aromatic N) is 4. The second kappa shape index (κ2) is 6.68. The molecule has 0 radical (unpaired) electrons. The Kier molecular flexibility index (Phi) is 4.93. The summed E-state index contributed by atoms with van der Waals surface area (Å²) in [5, 5.41) is 8.82. The van der Waals surface area contributed by atoms with Crippen molar-refractivity contribution in [3.8, 4) is 0 Å². The van der Waals surface area contributed by atoms with Crippen LogP contribution in [0, 0.1) is 6.92 Å². The second-order valence-electron chi connectivity index (χ2n) is 5.03. The van der Waals surface area contributed by atoms with Crippen molar-refractivity contribution in [1.29, 1.82) is 0 Å². The van der Waals surface area contributed by atoms with E-state index < -0.39 is 5.97 Å². The van der Waals surface area contributed by atoms with Crippen molar-refractivity contribution in [2.45, 2.75) is 19.9 Å². The molecule has 0 unspecified atom stereocenters. The summed E-state index contributed by atoms with van der Waals surface area (Å²) in [6.07, 6.45) is 4.87. The van der Waals surface area contributed by atoms with Gasteiger partial charge >= 0.3 is 5.97 Å². The lowest BCUT2D eigenvalue weighted by atomic mass is 10.3. The quantitative estimate of drug-likeness (QED) is 0.829. The van der Waals surface area contributed by atoms with E-state index in [0.29, 0.717) is 0 Å². The molecule has 6 nitrogen and oxygen atoms in total. The van der Waals surface area contributed by atoms with E-state index in [0.717, 1.165) is 51.5 Å². The van der Waals surface area contributed by atoms with Gasteiger partial charge in [0, 0.05) is 45.1 Å². The monoisotopic (exact) mass is 266 g/mol. The van der Waals surface area contributed by atoms with Gasteiger partial charge in [-0.2, -0.15) is 0 Å². The van der Waals surface area contributed by atoms with Gasteiger partial charge in [-0.3, -0.25) is 9.69 Å². The molecule has 1 saturated heterocycles. The standard InChI is InChI=1S/C13H22N4O2/c1-12-14-3-6-17(12)10-9-15-4-2-5-16(8-7-15)11-13(18)19/h3,6H,2,4-5,7-11H2,1H3,(H,18,19). The third-order valence-electron chi connectivity index (χ3n) is 3.62. The van der Waals surface area contributed by atoms with Crippen LogP contribution in [0.25, 0.3) is 0 Å². The van der Waals surface area contributed by atoms with Crippen molar-refractivity contribution in [1.82, 2.24) is 19.4 Å². The van der Waals surface area contributed by atoms with Crippen molar-refractivity contribution >= 4 is 5.97 Å². The maximum atomic E-state index is 10.7. The Hall–Kier alpha value is -1.40. The lowest BCUT2D eigenvalue weighted by Gasteiger charge is -2.21. The average Bonchev–Trinajstić information content (AvgIpc) is 2.63. The first-order valence-electron chi connectivity index (χ1n) is 6.79. The first-order chi connectivity index (χ1) is 9.15. The summed E-state index contributed by atoms with van der Waals surface area (Å²) in [6, 6.07) is 0. The lowest BCUT2D eigenvalue weighted by molar-refractivity contribution is -0.138. The summed E-state index contributed by atoms with van der Waals surface area (Å²) in [4.78, 5) is 19.4. The highest BCUT2D eigenvalue weighted by Gasteiger charge is 2.16. The topological polar surface area (TPSA) is 61.6 Å². The Morgan fingerprint density at radius 3 is 2.68 bits per heavy atom. The van der Waals surface area contributed by atoms with Gasteiger partial charge in [-0.15, -0.1) is 0 Å². The smallest absolute Gasteiger partial charge is 0.317 e. The van der Waals surface area contributed by atoms with Crippen LogP contribution in [0.15, 0.2) is 12.4 Å². The number of hydrogen-bond acceptors (Lipinski definition) is 4. The van der Waals surface area contributed by atoms with Gasteiger partial charge in [0.2, 0.25) is 0 Å². The third kappa shape index (κ3) is 4.33. The maximum absolute atomic E-state index is 10.7. The Bertz CT molecular complexity index is 419. The molecule has 1 aliphatic heterocycles. The van der Waals surface area contributed by atoms with E-state index in [9.17, 15) is 4.79 Å². The third-order valence-corrected chi connectivity index (χ3v) is 3.62. The number of aliphatic carboxylic acids is 1. The first kappa shape index (κ1) is 14.0. The van der Waals surface area contributed by atoms with Crippen molar-refractivity contribution < 1.29 is 9.90 Å². The molecule has 0 spiro atoms. The Balaban J connectivity index is 1.76. The highest BCUT2D eigenvalue weighted by Crippen LogP contribution is 2.04. The molecule has 0 atom stereocenters. The van der Waals surface area contributed by atoms with E-state index in [4.69, 9.17) is 5.11 Å². The molecule has 0 aromatic carbocycles. The van der Waals surface area contributed by atoms with Crippen LogP contribution in [0.1, 0.15) is 12.2 Å². The summed E-state index contributed by atoms with van der Waals surface area (Å²) < 4.78 is 2.15. The van der Waals surface area contributed by atoms with Gasteiger partial charge in [0.25, 0.3) is 0 Å². The highest BCUT2D eigenvalue weighted by atomic mass is 16.4. The number of rotatable bonds is 5. The molecule has 0 amide bonds. The van der Waals surface area contributed by atoms with Crippen LogP contribution in [0.3, 0.4) is 0 Å². The van der Waals surface area contributed by atoms with E-state index in [1.807, 2.05) is 24.2 Å². The normalized spacial score (nSPS) is 18.4. The van der Waals surface area contributed by atoms with Crippen LogP contribution >= 0.6 is 0 Å². The lowest BCUT2D eigenvalue weighted by Crippen LogP contribution is -2.35. The molecule has 0 bridgehead atoms. The van der Waals surface area contributed by atoms with Crippen LogP contribution in [0.5, 0.6) is 0 Å². The van der Waals surface area contributed by atoms with Crippen LogP contribution in [0.2, 0.25) is 0 Å². The molecule has 0 aliphatic carbocycles. The Morgan fingerprint density at radius 2 is 2.00 bits per heavy atom. The fraction of sp³-hybridized carbons (Fsp3) is 0.692. The predicted octanol–water partition coefficient (Wildman–Crippen LogP) is 0.284. The summed E-state index contributed by atoms with van der Waals surface area (Å²) >= 11 is 0. The molecule has 0 saturated carbocycles. The number of carboxylic acids is 1. The van der Waals surface area contributed by atoms with Gasteiger partial charge in [0.15, 0.2) is 0 Å². The molecule has 19 heavy (non-hydrogen) atoms. The fourth-order valence-electron chi connectivity index (χ4n) is 2.49. The summed E-state index contributed by atoms with van der Waals surface area (Å²) in [6.45, 7) is 7.83. The fourth-order valence-corrected chi connectivity index (χ4v) is 2.49. The molecule has 6 heteroatoms. The Morgan fingerprint density at radius 1 is 1.26 bits per heavy atom. The molecular formula is C13H22N4O2. The number of aromatic nitrogens is 2. The van der Waals surface area contributed by atoms with Crippen molar-refractivity contribution in [3.63, 3.8) is 0 Å². The van der Waals surface area contributed by atoms with Gasteiger partial charge in [-0.05, 0) is 19.9 Å². The number of imidazole rings is 1. The number of hydrogen-bond donors (Lipinski definition) is 1. The zero-order valence-electron chi connectivity index (χ0n) is 11.5. The summed E-state index contributed by atoms with van der Waals surface area (Å²) in [5.41, 5.74) is 0. The van der Waals surface area contributed by atoms with Crippen LogP contribution in [0.4, 0.5) is 0 Å². The largest absolute Gasteiger partial charge is 0.480 e. The first-order valence-corrected chi connectivity index (χ1v) is 6.79. The van der Waals surface area contributed by atoms with Crippen LogP contribution < -0.4 is 0 Å². The van der Waals surface area contributed by atoms with Gasteiger partial charge in [-0.25, -0.2) is 4.98 Å². The Labute approximate surface area is 113 Å². The second-order valence-corrected chi connectivity index (χ2v) is 5.03. The number of carbonyl (C=O) groups is 1. The van der Waals surface area contributed by atoms with Crippen molar-refractivity contribution in [3.05, 3.63) is 18.2 Å². The minimum absolute atomic E-state index is 0.161. The predicted molar refractivity (Wildman–Crippen MR) is 72.1 cm³/mol. The SMILES string of the molecule is Cc1nccn1CCN1CCCN(CC(=O)O)CC1. The van der Waals surface area contributed by atoms with E-state index in [2.05, 4.69) is 14.5 Å². The number of carboxylic acid groups (broad SMARTS) is 1. The van der Waals surface area contributed by atoms with E-state index in [1.54, 1.807) is 0 Å². The zero-order valence-corrected chi connectivity index (χ0v) is 11.5. The van der Waals surface area contributed by atoms with Crippen molar-refractivity contribution in [2.24, 2.45) is 0 Å². The molecule has 2 heterocycles. The molecule has 106 valence electrons. The van der Waals surface area contributed by atoms with Gasteiger partial charge in [-0.1, -0.05) is 0 Å². The van der Waals surface area contributed by atoms with Crippen LogP contribution in [-0.2, 0) is 11.3 Å². The van der Waals surface area contributed by atoms with Gasteiger partial charge in [0.05, 0.1) is 6.54 Å². The van der Waals surface area contributed by atoms with E-state index >= 15 is 0 Å². The molecular weight excluding hydrogens is 244 g/mol. The molecule has 2 rings (SSSR count). The molecule has 1 aliphatic rings. The highest BCUT2D eigenvalue weighted by molar-refractivity contribution is 5.69. The minimum atomic E-state index is -0.734. The van der Waals surface area contributed by atoms with Gasteiger partial charge in [0.1, 0.15) is 5.82 Å². The minimum Gasteiger partial charge on any atom is -0.480 e. The molecule has 1 N–H and O–H groups in total. The molecule has 1 aromatic heterocycles. The molecule has 1 fully saturated rings. The van der Waals surface area contributed by atoms with E-state index in [1.165, 1.54) is 0 Å². The number of aryl methyl sites for hydroxylation is 1. The van der Waals surface area contributed by atoms with E-state index in [-0.39, 0.29) is 6.54 Å². The molecule has 1 aromatic rings. The summed E-state index contributed by atoms with van der Waals surface area (Å²) in [5.74, 6) is 0.310. The maximum Gasteiger partial charge on any atom is 0.317 e. The van der Waals surface area contributed by atoms with Gasteiger partial charge < -0.3 is 14.6 Å². The average molecular weight is 266 g/mol. The van der Waals surface area contributed by atoms with Crippen molar-refractivity contribution in [2.75, 3.05) is 39.3 Å².